The van der Waals surface area contributed by atoms with E-state index in [0.717, 1.165) is 25.5 Å². The number of methoxy groups -OCH3 is 1. The summed E-state index contributed by atoms with van der Waals surface area (Å²) in [6.07, 6.45) is 5.75. The molecule has 1 unspecified atom stereocenters. The van der Waals surface area contributed by atoms with Crippen LogP contribution in [0.5, 0.6) is 0 Å². The molecule has 0 saturated carbocycles. The molecule has 0 spiro atoms. The van der Waals surface area contributed by atoms with Gasteiger partial charge in [-0.3, -0.25) is 4.57 Å². The second kappa shape index (κ2) is 9.18. The van der Waals surface area contributed by atoms with Gasteiger partial charge in [-0.2, -0.15) is 4.99 Å². The number of aliphatic hydroxyl groups excluding tert-OH is 2. The molecule has 2 aliphatic heterocycles. The minimum Gasteiger partial charge on any atom is -0.388 e. The molecule has 1 aromatic heterocycles. The van der Waals surface area contributed by atoms with Crippen LogP contribution in [0.2, 0.25) is 0 Å². The van der Waals surface area contributed by atoms with E-state index in [2.05, 4.69) is 47.2 Å². The van der Waals surface area contributed by atoms with Crippen molar-refractivity contribution < 1.29 is 19.7 Å². The van der Waals surface area contributed by atoms with Crippen LogP contribution in [-0.4, -0.2) is 83.5 Å². The lowest BCUT2D eigenvalue weighted by Gasteiger charge is -2.25. The smallest absolute Gasteiger partial charge is 0.200 e. The van der Waals surface area contributed by atoms with Crippen LogP contribution in [0.15, 0.2) is 11.3 Å². The standard InChI is InChI=1S/C19H34N5O4P/c1-6-7-9-20-19-22-16-13(17(23-19)27-2)21-11-24(16)18-15(26)14(25)12(28-18)8-10-29(3,4)5/h11-12,14-15,17-18,25-26H,3,6-10H2,1-2,4-5H3,(H2,20,22,23)/t12-,14-,15-,17?,18-/m1/s1. The number of guanidine groups is 1. The molecule has 1 saturated heterocycles. The van der Waals surface area contributed by atoms with E-state index < -0.39 is 37.7 Å². The molecule has 0 aliphatic carbocycles. The van der Waals surface area contributed by atoms with Gasteiger partial charge >= 0.3 is 0 Å². The van der Waals surface area contributed by atoms with Crippen LogP contribution in [0.25, 0.3) is 0 Å². The summed E-state index contributed by atoms with van der Waals surface area (Å²) >= 11 is 0. The van der Waals surface area contributed by atoms with Gasteiger partial charge in [-0.25, -0.2) is 4.98 Å². The zero-order chi connectivity index (χ0) is 21.2. The highest BCUT2D eigenvalue weighted by atomic mass is 31.2. The molecule has 0 amide bonds. The number of aliphatic imine (C=N–C) groups is 1. The SMILES string of the molecule is C=P(C)(C)CC[C@H]1O[C@@H](n2cnc3c2N=C(NCCCC)NC3OC)[C@H](O)[C@@H]1O. The zero-order valence-corrected chi connectivity index (χ0v) is 18.6. The van der Waals surface area contributed by atoms with Gasteiger partial charge in [0.15, 0.2) is 24.2 Å². The summed E-state index contributed by atoms with van der Waals surface area (Å²) in [5.41, 5.74) is 0.618. The first-order valence-corrected chi connectivity index (χ1v) is 13.2. The van der Waals surface area contributed by atoms with Gasteiger partial charge in [0.25, 0.3) is 0 Å². The lowest BCUT2D eigenvalue weighted by Crippen LogP contribution is -2.42. The third-order valence-electron chi connectivity index (χ3n) is 5.22. The Morgan fingerprint density at radius 2 is 2.14 bits per heavy atom. The van der Waals surface area contributed by atoms with Crippen molar-refractivity contribution in [2.45, 2.75) is 57.0 Å². The van der Waals surface area contributed by atoms with E-state index >= 15 is 0 Å². The van der Waals surface area contributed by atoms with Gasteiger partial charge < -0.3 is 30.3 Å². The highest BCUT2D eigenvalue weighted by Gasteiger charge is 2.45. The number of rotatable bonds is 8. The molecule has 5 atom stereocenters. The van der Waals surface area contributed by atoms with E-state index in [1.807, 2.05) is 0 Å². The number of ether oxygens (including phenoxy) is 2. The number of nitrogens with one attached hydrogen (secondary N) is 2. The first kappa shape index (κ1) is 22.3. The Labute approximate surface area is 172 Å². The second-order valence-corrected chi connectivity index (χ2v) is 12.7. The molecular weight excluding hydrogens is 393 g/mol. The van der Waals surface area contributed by atoms with E-state index in [4.69, 9.17) is 9.47 Å². The van der Waals surface area contributed by atoms with Gasteiger partial charge in [0.1, 0.15) is 17.9 Å². The van der Waals surface area contributed by atoms with Crippen molar-refractivity contribution in [3.8, 4) is 0 Å². The van der Waals surface area contributed by atoms with Gasteiger partial charge in [0, 0.05) is 13.7 Å². The topological polar surface area (TPSA) is 113 Å². The first-order valence-electron chi connectivity index (χ1n) is 10.1. The van der Waals surface area contributed by atoms with Crippen molar-refractivity contribution >= 4 is 25.0 Å². The highest BCUT2D eigenvalue weighted by Crippen LogP contribution is 2.41. The Morgan fingerprint density at radius 1 is 1.38 bits per heavy atom. The second-order valence-electron chi connectivity index (χ2n) is 8.36. The van der Waals surface area contributed by atoms with Crippen molar-refractivity contribution in [2.75, 3.05) is 33.1 Å². The Balaban J connectivity index is 1.82. The molecule has 3 rings (SSSR count). The zero-order valence-electron chi connectivity index (χ0n) is 17.7. The number of aliphatic hydroxyl groups is 2. The number of unbranched alkanes of at least 4 members (excludes halogenated alkanes) is 1. The van der Waals surface area contributed by atoms with E-state index in [1.54, 1.807) is 18.0 Å². The van der Waals surface area contributed by atoms with Crippen LogP contribution < -0.4 is 10.6 Å². The molecule has 1 aromatic rings. The molecule has 29 heavy (non-hydrogen) atoms. The Hall–Kier alpha value is -1.38. The summed E-state index contributed by atoms with van der Waals surface area (Å²) in [6.45, 7) is 5.96. The fraction of sp³-hybridized carbons (Fsp3) is 0.737. The molecule has 0 bridgehead atoms. The average Bonchev–Trinajstić information content (AvgIpc) is 3.21. The molecule has 3 heterocycles. The van der Waals surface area contributed by atoms with Gasteiger partial charge in [-0.15, -0.1) is 13.2 Å². The van der Waals surface area contributed by atoms with Crippen LogP contribution in [0.1, 0.15) is 44.3 Å². The normalized spacial score (nSPS) is 29.3. The molecule has 10 heteroatoms. The average molecular weight is 427 g/mol. The maximum Gasteiger partial charge on any atom is 0.200 e. The van der Waals surface area contributed by atoms with Gasteiger partial charge in [-0.05, 0) is 32.3 Å². The van der Waals surface area contributed by atoms with Crippen LogP contribution >= 0.6 is 6.89 Å². The van der Waals surface area contributed by atoms with Gasteiger partial charge in [0.2, 0.25) is 0 Å². The number of fused-ring (bicyclic) bond motifs is 1. The summed E-state index contributed by atoms with van der Waals surface area (Å²) in [5.74, 6) is 1.14. The molecule has 9 nitrogen and oxygen atoms in total. The van der Waals surface area contributed by atoms with E-state index in [1.165, 1.54) is 0 Å². The lowest BCUT2D eigenvalue weighted by atomic mass is 10.1. The van der Waals surface area contributed by atoms with Crippen LogP contribution in [0.4, 0.5) is 5.82 Å². The quantitative estimate of drug-likeness (QED) is 0.365. The number of hydrogen-bond acceptors (Lipinski definition) is 8. The third kappa shape index (κ3) is 5.03. The fourth-order valence-corrected chi connectivity index (χ4v) is 4.46. The van der Waals surface area contributed by atoms with Crippen LogP contribution in [-0.2, 0) is 9.47 Å². The Morgan fingerprint density at radius 3 is 2.79 bits per heavy atom. The van der Waals surface area contributed by atoms with E-state index in [9.17, 15) is 10.2 Å². The molecule has 164 valence electrons. The number of nitrogens with zero attached hydrogens (tertiary/aromatic N) is 3. The minimum absolute atomic E-state index is 0.444. The van der Waals surface area contributed by atoms with Crippen molar-refractivity contribution in [1.82, 2.24) is 20.2 Å². The summed E-state index contributed by atoms with van der Waals surface area (Å²) in [5, 5.41) is 27.6. The number of aromatic nitrogens is 2. The Bertz CT molecular complexity index is 777. The van der Waals surface area contributed by atoms with Crippen molar-refractivity contribution in [2.24, 2.45) is 4.99 Å². The summed E-state index contributed by atoms with van der Waals surface area (Å²) < 4.78 is 13.3. The predicted octanol–water partition coefficient (Wildman–Crippen LogP) is 1.23. The summed E-state index contributed by atoms with van der Waals surface area (Å²) in [6, 6.07) is 0. The molecule has 0 radical (unpaired) electrons. The van der Waals surface area contributed by atoms with E-state index in [-0.39, 0.29) is 0 Å². The highest BCUT2D eigenvalue weighted by molar-refractivity contribution is 7.72. The molecule has 0 aromatic carbocycles. The predicted molar refractivity (Wildman–Crippen MR) is 116 cm³/mol. The fourth-order valence-electron chi connectivity index (χ4n) is 3.51. The molecular formula is C19H34N5O4P. The summed E-state index contributed by atoms with van der Waals surface area (Å²) in [7, 11) is 1.60. The van der Waals surface area contributed by atoms with Crippen molar-refractivity contribution in [3.05, 3.63) is 12.0 Å². The number of imidazole rings is 1. The molecule has 4 N–H and O–H groups in total. The molecule has 1 fully saturated rings. The van der Waals surface area contributed by atoms with Gasteiger partial charge in [-0.1, -0.05) is 13.3 Å². The van der Waals surface area contributed by atoms with Crippen LogP contribution in [0, 0.1) is 0 Å². The van der Waals surface area contributed by atoms with Crippen molar-refractivity contribution in [3.63, 3.8) is 0 Å². The summed E-state index contributed by atoms with van der Waals surface area (Å²) in [4.78, 5) is 9.04. The van der Waals surface area contributed by atoms with Gasteiger partial charge in [0.05, 0.1) is 12.4 Å². The van der Waals surface area contributed by atoms with E-state index in [0.29, 0.717) is 23.9 Å². The maximum atomic E-state index is 10.7. The lowest BCUT2D eigenvalue weighted by molar-refractivity contribution is -0.0366. The first-order chi connectivity index (χ1) is 13.7. The largest absolute Gasteiger partial charge is 0.388 e. The monoisotopic (exact) mass is 427 g/mol. The van der Waals surface area contributed by atoms with Crippen LogP contribution in [0.3, 0.4) is 0 Å². The minimum atomic E-state index is -1.24. The van der Waals surface area contributed by atoms with Crippen molar-refractivity contribution in [1.29, 1.82) is 0 Å². The number of hydrogen-bond donors (Lipinski definition) is 4. The molecule has 2 aliphatic rings. The maximum absolute atomic E-state index is 10.7. The third-order valence-corrected chi connectivity index (χ3v) is 6.69. The Kier molecular flexibility index (Phi) is 7.06.